The number of methoxy groups -OCH3 is 1. The highest BCUT2D eigenvalue weighted by Crippen LogP contribution is 2.17. The first-order valence-electron chi connectivity index (χ1n) is 8.41. The molecule has 2 aromatic carbocycles. The Kier molecular flexibility index (Phi) is 6.40. The molecule has 0 unspecified atom stereocenters. The van der Waals surface area contributed by atoms with Crippen LogP contribution in [0.25, 0.3) is 0 Å². The fourth-order valence-corrected chi connectivity index (χ4v) is 2.79. The molecule has 0 saturated carbocycles. The third-order valence-corrected chi connectivity index (χ3v) is 4.17. The van der Waals surface area contributed by atoms with Crippen molar-refractivity contribution < 1.29 is 9.47 Å². The average molecular weight is 370 g/mol. The van der Waals surface area contributed by atoms with E-state index in [0.29, 0.717) is 5.11 Å². The molecular weight excluding hydrogens is 348 g/mol. The smallest absolute Gasteiger partial charge is 0.191 e. The predicted octanol–water partition coefficient (Wildman–Crippen LogP) is 2.85. The molecule has 6 nitrogen and oxygen atoms in total. The van der Waals surface area contributed by atoms with Gasteiger partial charge in [0, 0.05) is 30.5 Å². The number of thiocarbonyl (C=S) groups is 1. The number of hydrogen-bond donors (Lipinski definition) is 2. The van der Waals surface area contributed by atoms with E-state index in [2.05, 4.69) is 32.9 Å². The molecule has 0 amide bonds. The van der Waals surface area contributed by atoms with Gasteiger partial charge in [-0.1, -0.05) is 18.2 Å². The zero-order chi connectivity index (χ0) is 18.2. The zero-order valence-electron chi connectivity index (χ0n) is 14.6. The van der Waals surface area contributed by atoms with Crippen molar-refractivity contribution in [2.45, 2.75) is 0 Å². The minimum absolute atomic E-state index is 0.416. The highest BCUT2D eigenvalue weighted by Gasteiger charge is 2.10. The molecule has 0 spiro atoms. The molecule has 0 aliphatic carbocycles. The molecule has 1 heterocycles. The first-order valence-corrected chi connectivity index (χ1v) is 8.82. The monoisotopic (exact) mass is 370 g/mol. The molecule has 0 aromatic heterocycles. The van der Waals surface area contributed by atoms with Crippen molar-refractivity contribution in [2.24, 2.45) is 5.10 Å². The van der Waals surface area contributed by atoms with Gasteiger partial charge in [0.05, 0.1) is 26.5 Å². The van der Waals surface area contributed by atoms with Crippen molar-refractivity contribution in [3.8, 4) is 5.75 Å². The third kappa shape index (κ3) is 5.18. The lowest BCUT2D eigenvalue weighted by molar-refractivity contribution is 0.122. The Bertz CT molecular complexity index is 758. The molecule has 136 valence electrons. The Labute approximate surface area is 158 Å². The van der Waals surface area contributed by atoms with Gasteiger partial charge in [0.25, 0.3) is 0 Å². The van der Waals surface area contributed by atoms with Crippen LogP contribution in [0.4, 0.5) is 11.4 Å². The summed E-state index contributed by atoms with van der Waals surface area (Å²) in [4.78, 5) is 2.32. The minimum atomic E-state index is 0.416. The normalized spacial score (nSPS) is 14.3. The molecule has 2 aromatic rings. The summed E-state index contributed by atoms with van der Waals surface area (Å²) in [5.41, 5.74) is 5.86. The number of anilines is 2. The lowest BCUT2D eigenvalue weighted by Gasteiger charge is -2.28. The van der Waals surface area contributed by atoms with Crippen LogP contribution in [-0.4, -0.2) is 44.7 Å². The van der Waals surface area contributed by atoms with Gasteiger partial charge in [0.2, 0.25) is 0 Å². The number of nitrogens with zero attached hydrogens (tertiary/aromatic N) is 2. The maximum absolute atomic E-state index is 5.38. The molecular formula is C19H22N4O2S. The molecule has 26 heavy (non-hydrogen) atoms. The van der Waals surface area contributed by atoms with Crippen molar-refractivity contribution in [1.82, 2.24) is 5.43 Å². The second-order valence-electron chi connectivity index (χ2n) is 5.75. The summed E-state index contributed by atoms with van der Waals surface area (Å²) in [5.74, 6) is 0.765. The van der Waals surface area contributed by atoms with Gasteiger partial charge < -0.3 is 19.7 Å². The van der Waals surface area contributed by atoms with Crippen LogP contribution in [0.1, 0.15) is 5.56 Å². The Morgan fingerprint density at radius 1 is 1.19 bits per heavy atom. The van der Waals surface area contributed by atoms with Crippen LogP contribution in [0.3, 0.4) is 0 Å². The molecule has 3 rings (SSSR count). The summed E-state index contributed by atoms with van der Waals surface area (Å²) in [6, 6.07) is 15.8. The summed E-state index contributed by atoms with van der Waals surface area (Å²) in [5, 5.41) is 7.66. The number of hydrazone groups is 1. The molecule has 1 fully saturated rings. The SMILES string of the molecule is COc1cccc(NC(=S)N/N=C\c2ccc(N3CCOCC3)cc2)c1. The van der Waals surface area contributed by atoms with E-state index in [0.717, 1.165) is 43.3 Å². The maximum Gasteiger partial charge on any atom is 0.191 e. The van der Waals surface area contributed by atoms with Gasteiger partial charge in [-0.05, 0) is 42.0 Å². The van der Waals surface area contributed by atoms with Crippen LogP contribution in [0, 0.1) is 0 Å². The minimum Gasteiger partial charge on any atom is -0.497 e. The van der Waals surface area contributed by atoms with Crippen LogP contribution >= 0.6 is 12.2 Å². The second kappa shape index (κ2) is 9.17. The van der Waals surface area contributed by atoms with Gasteiger partial charge in [-0.2, -0.15) is 5.10 Å². The molecule has 7 heteroatoms. The molecule has 2 N–H and O–H groups in total. The van der Waals surface area contributed by atoms with Crippen LogP contribution in [-0.2, 0) is 4.74 Å². The van der Waals surface area contributed by atoms with E-state index < -0.39 is 0 Å². The van der Waals surface area contributed by atoms with Gasteiger partial charge in [-0.3, -0.25) is 5.43 Å². The molecule has 1 saturated heterocycles. The summed E-state index contributed by atoms with van der Waals surface area (Å²) in [7, 11) is 1.63. The Morgan fingerprint density at radius 3 is 2.69 bits per heavy atom. The van der Waals surface area contributed by atoms with E-state index in [1.807, 2.05) is 36.4 Å². The van der Waals surface area contributed by atoms with E-state index in [-0.39, 0.29) is 0 Å². The summed E-state index contributed by atoms with van der Waals surface area (Å²) in [6.45, 7) is 3.42. The van der Waals surface area contributed by atoms with E-state index >= 15 is 0 Å². The maximum atomic E-state index is 5.38. The van der Waals surface area contributed by atoms with Gasteiger partial charge in [0.1, 0.15) is 5.75 Å². The average Bonchev–Trinajstić information content (AvgIpc) is 2.69. The van der Waals surface area contributed by atoms with E-state index in [9.17, 15) is 0 Å². The van der Waals surface area contributed by atoms with E-state index in [4.69, 9.17) is 21.7 Å². The molecule has 1 aliphatic heterocycles. The highest BCUT2D eigenvalue weighted by molar-refractivity contribution is 7.80. The van der Waals surface area contributed by atoms with Crippen molar-refractivity contribution >= 4 is 34.9 Å². The van der Waals surface area contributed by atoms with Crippen LogP contribution in [0.15, 0.2) is 53.6 Å². The summed E-state index contributed by atoms with van der Waals surface area (Å²) < 4.78 is 10.6. The predicted molar refractivity (Wildman–Crippen MR) is 109 cm³/mol. The zero-order valence-corrected chi connectivity index (χ0v) is 15.5. The van der Waals surface area contributed by atoms with Crippen LogP contribution in [0.2, 0.25) is 0 Å². The van der Waals surface area contributed by atoms with Gasteiger partial charge in [-0.25, -0.2) is 0 Å². The third-order valence-electron chi connectivity index (χ3n) is 3.98. The standard InChI is InChI=1S/C19H22N4O2S/c1-24-18-4-2-3-16(13-18)21-19(26)22-20-14-15-5-7-17(8-6-15)23-9-11-25-12-10-23/h2-8,13-14H,9-12H2,1H3,(H2,21,22,26)/b20-14-. The Hall–Kier alpha value is -2.64. The Balaban J connectivity index is 1.50. The molecule has 0 radical (unpaired) electrons. The van der Waals surface area contributed by atoms with Crippen molar-refractivity contribution in [1.29, 1.82) is 0 Å². The number of morpholine rings is 1. The van der Waals surface area contributed by atoms with Crippen molar-refractivity contribution in [3.63, 3.8) is 0 Å². The number of rotatable bonds is 5. The quantitative estimate of drug-likeness (QED) is 0.480. The van der Waals surface area contributed by atoms with Gasteiger partial charge in [0.15, 0.2) is 5.11 Å². The number of benzene rings is 2. The van der Waals surface area contributed by atoms with Gasteiger partial charge >= 0.3 is 0 Å². The van der Waals surface area contributed by atoms with Crippen molar-refractivity contribution in [3.05, 3.63) is 54.1 Å². The largest absolute Gasteiger partial charge is 0.497 e. The number of ether oxygens (including phenoxy) is 2. The highest BCUT2D eigenvalue weighted by atomic mass is 32.1. The fourth-order valence-electron chi connectivity index (χ4n) is 2.62. The topological polar surface area (TPSA) is 58.1 Å². The van der Waals surface area contributed by atoms with E-state index in [1.54, 1.807) is 13.3 Å². The first kappa shape index (κ1) is 18.2. The lowest BCUT2D eigenvalue weighted by atomic mass is 10.2. The number of hydrogen-bond acceptors (Lipinski definition) is 5. The second-order valence-corrected chi connectivity index (χ2v) is 6.16. The summed E-state index contributed by atoms with van der Waals surface area (Å²) >= 11 is 5.24. The fraction of sp³-hybridized carbons (Fsp3) is 0.263. The van der Waals surface area contributed by atoms with Gasteiger partial charge in [-0.15, -0.1) is 0 Å². The molecule has 1 aliphatic rings. The molecule has 0 atom stereocenters. The first-order chi connectivity index (χ1) is 12.7. The van der Waals surface area contributed by atoms with Crippen LogP contribution in [0.5, 0.6) is 5.75 Å². The van der Waals surface area contributed by atoms with Crippen LogP contribution < -0.4 is 20.4 Å². The van der Waals surface area contributed by atoms with E-state index in [1.165, 1.54) is 5.69 Å². The Morgan fingerprint density at radius 2 is 1.96 bits per heavy atom. The number of nitrogens with one attached hydrogen (secondary N) is 2. The molecule has 0 bridgehead atoms. The lowest BCUT2D eigenvalue weighted by Crippen LogP contribution is -2.36. The summed E-state index contributed by atoms with van der Waals surface area (Å²) in [6.07, 6.45) is 1.74. The van der Waals surface area contributed by atoms with Crippen molar-refractivity contribution in [2.75, 3.05) is 43.6 Å².